The van der Waals surface area contributed by atoms with E-state index in [4.69, 9.17) is 14.2 Å². The summed E-state index contributed by atoms with van der Waals surface area (Å²) in [5.74, 6) is 1.78. The summed E-state index contributed by atoms with van der Waals surface area (Å²) in [5, 5.41) is 2.71. The lowest BCUT2D eigenvalue weighted by atomic mass is 10.1. The van der Waals surface area contributed by atoms with E-state index in [2.05, 4.69) is 10.3 Å². The van der Waals surface area contributed by atoms with Crippen LogP contribution in [0.25, 0.3) is 0 Å². The predicted octanol–water partition coefficient (Wildman–Crippen LogP) is 4.80. The van der Waals surface area contributed by atoms with Crippen molar-refractivity contribution in [1.29, 1.82) is 0 Å². The quantitative estimate of drug-likeness (QED) is 0.500. The van der Waals surface area contributed by atoms with Crippen LogP contribution in [0.4, 0.5) is 5.69 Å². The van der Waals surface area contributed by atoms with Crippen molar-refractivity contribution < 1.29 is 23.8 Å². The number of amides is 1. The molecule has 3 rings (SSSR count). The van der Waals surface area contributed by atoms with Crippen LogP contribution in [0, 0.1) is 6.92 Å². The van der Waals surface area contributed by atoms with Gasteiger partial charge in [-0.1, -0.05) is 13.0 Å². The molecule has 0 radical (unpaired) electrons. The summed E-state index contributed by atoms with van der Waals surface area (Å²) in [6.07, 6.45) is 1.94. The first-order chi connectivity index (χ1) is 15.0. The number of pyridine rings is 1. The van der Waals surface area contributed by atoms with Gasteiger partial charge in [-0.2, -0.15) is 0 Å². The average Bonchev–Trinajstić information content (AvgIpc) is 2.80. The second-order valence-corrected chi connectivity index (χ2v) is 6.78. The minimum absolute atomic E-state index is 0.0602. The molecule has 2 aromatic carbocycles. The molecule has 1 amide bonds. The molecule has 31 heavy (non-hydrogen) atoms. The van der Waals surface area contributed by atoms with Gasteiger partial charge in [-0.3, -0.25) is 9.59 Å². The number of hydrogen-bond donors (Lipinski definition) is 1. The highest BCUT2D eigenvalue weighted by Gasteiger charge is 2.09. The van der Waals surface area contributed by atoms with Crippen LogP contribution in [0.3, 0.4) is 0 Å². The van der Waals surface area contributed by atoms with Gasteiger partial charge in [0.05, 0.1) is 19.0 Å². The van der Waals surface area contributed by atoms with Crippen molar-refractivity contribution in [2.45, 2.75) is 20.3 Å². The Morgan fingerprint density at radius 1 is 1.00 bits per heavy atom. The maximum Gasteiger partial charge on any atom is 0.262 e. The van der Waals surface area contributed by atoms with E-state index in [9.17, 15) is 9.59 Å². The molecule has 0 unspecified atom stereocenters. The molecule has 0 bridgehead atoms. The Morgan fingerprint density at radius 2 is 1.77 bits per heavy atom. The lowest BCUT2D eigenvalue weighted by Crippen LogP contribution is -2.20. The Kier molecular flexibility index (Phi) is 7.22. The smallest absolute Gasteiger partial charge is 0.262 e. The zero-order valence-electron chi connectivity index (χ0n) is 17.7. The zero-order valence-corrected chi connectivity index (χ0v) is 17.7. The van der Waals surface area contributed by atoms with E-state index >= 15 is 0 Å². The molecule has 1 heterocycles. The van der Waals surface area contributed by atoms with Gasteiger partial charge in [0, 0.05) is 18.1 Å². The number of rotatable bonds is 9. The molecule has 0 saturated heterocycles. The maximum absolute atomic E-state index is 12.1. The van der Waals surface area contributed by atoms with E-state index in [1.165, 1.54) is 6.20 Å². The number of methoxy groups -OCH3 is 1. The summed E-state index contributed by atoms with van der Waals surface area (Å²) in [6.45, 7) is 3.61. The highest BCUT2D eigenvalue weighted by Crippen LogP contribution is 2.31. The number of nitrogens with zero attached hydrogens (tertiary/aromatic N) is 1. The van der Waals surface area contributed by atoms with Crippen LogP contribution in [0.5, 0.6) is 23.1 Å². The van der Waals surface area contributed by atoms with E-state index in [0.29, 0.717) is 40.8 Å². The molecule has 0 atom stereocenters. The fourth-order valence-electron chi connectivity index (χ4n) is 2.77. The molecule has 7 heteroatoms. The van der Waals surface area contributed by atoms with Crippen molar-refractivity contribution in [2.75, 3.05) is 19.0 Å². The summed E-state index contributed by atoms with van der Waals surface area (Å²) in [4.78, 5) is 28.0. The lowest BCUT2D eigenvalue weighted by molar-refractivity contribution is -0.118. The molecule has 0 aliphatic heterocycles. The number of benzene rings is 2. The van der Waals surface area contributed by atoms with Gasteiger partial charge >= 0.3 is 0 Å². The van der Waals surface area contributed by atoms with E-state index in [-0.39, 0.29) is 18.3 Å². The Labute approximate surface area is 181 Å². The first-order valence-corrected chi connectivity index (χ1v) is 9.83. The summed E-state index contributed by atoms with van der Waals surface area (Å²) in [7, 11) is 1.58. The Balaban J connectivity index is 1.52. The number of carbonyl (C=O) groups is 2. The molecule has 0 saturated carbocycles. The van der Waals surface area contributed by atoms with E-state index in [1.54, 1.807) is 43.5 Å². The predicted molar refractivity (Wildman–Crippen MR) is 117 cm³/mol. The monoisotopic (exact) mass is 420 g/mol. The van der Waals surface area contributed by atoms with Crippen molar-refractivity contribution in [1.82, 2.24) is 4.98 Å². The van der Waals surface area contributed by atoms with E-state index < -0.39 is 0 Å². The van der Waals surface area contributed by atoms with Crippen LogP contribution in [0.15, 0.2) is 60.8 Å². The minimum atomic E-state index is -0.329. The SMILES string of the molecule is CCC(=O)c1ccc(OCC(=O)Nc2ccc(Oc3ccc(C)cc3OC)nc2)cc1. The second-order valence-electron chi connectivity index (χ2n) is 6.78. The van der Waals surface area contributed by atoms with Crippen LogP contribution < -0.4 is 19.5 Å². The fraction of sp³-hybridized carbons (Fsp3) is 0.208. The molecule has 3 aromatic rings. The minimum Gasteiger partial charge on any atom is -0.493 e. The maximum atomic E-state index is 12.1. The third-order valence-electron chi connectivity index (χ3n) is 4.42. The molecule has 0 aliphatic rings. The highest BCUT2D eigenvalue weighted by molar-refractivity contribution is 5.96. The van der Waals surface area contributed by atoms with Gasteiger partial charge in [-0.15, -0.1) is 0 Å². The molecular formula is C24H24N2O5. The molecular weight excluding hydrogens is 396 g/mol. The summed E-state index contributed by atoms with van der Waals surface area (Å²) < 4.78 is 16.5. The van der Waals surface area contributed by atoms with Crippen molar-refractivity contribution in [2.24, 2.45) is 0 Å². The number of Topliss-reactive ketones (excluding diaryl/α,β-unsaturated/α-hetero) is 1. The molecule has 1 N–H and O–H groups in total. The standard InChI is InChI=1S/C24H24N2O5/c1-4-20(27)17-6-9-19(10-7-17)30-15-23(28)26-18-8-12-24(25-14-18)31-21-11-5-16(2)13-22(21)29-3/h5-14H,4,15H2,1-3H3,(H,26,28). The molecule has 0 spiro atoms. The topological polar surface area (TPSA) is 86.8 Å². The second kappa shape index (κ2) is 10.2. The largest absolute Gasteiger partial charge is 0.493 e. The van der Waals surface area contributed by atoms with Gasteiger partial charge in [0.2, 0.25) is 5.88 Å². The van der Waals surface area contributed by atoms with E-state index in [1.807, 2.05) is 32.0 Å². The highest BCUT2D eigenvalue weighted by atomic mass is 16.5. The van der Waals surface area contributed by atoms with Crippen LogP contribution in [0.1, 0.15) is 29.3 Å². The molecule has 160 valence electrons. The third kappa shape index (κ3) is 6.05. The van der Waals surface area contributed by atoms with Crippen molar-refractivity contribution in [3.63, 3.8) is 0 Å². The number of anilines is 1. The number of hydrogen-bond acceptors (Lipinski definition) is 6. The van der Waals surface area contributed by atoms with Crippen molar-refractivity contribution >= 4 is 17.4 Å². The average molecular weight is 420 g/mol. The molecule has 1 aromatic heterocycles. The number of carbonyl (C=O) groups excluding carboxylic acids is 2. The lowest BCUT2D eigenvalue weighted by Gasteiger charge is -2.11. The van der Waals surface area contributed by atoms with Gasteiger partial charge < -0.3 is 19.5 Å². The Morgan fingerprint density at radius 3 is 2.42 bits per heavy atom. The zero-order chi connectivity index (χ0) is 22.2. The first kappa shape index (κ1) is 21.8. The molecule has 0 aliphatic carbocycles. The molecule has 7 nitrogen and oxygen atoms in total. The van der Waals surface area contributed by atoms with Crippen molar-refractivity contribution in [3.8, 4) is 23.1 Å². The van der Waals surface area contributed by atoms with Crippen LogP contribution in [-0.2, 0) is 4.79 Å². The summed E-state index contributed by atoms with van der Waals surface area (Å²) in [5.41, 5.74) is 2.19. The van der Waals surface area contributed by atoms with Crippen LogP contribution in [0.2, 0.25) is 0 Å². The number of ketones is 1. The van der Waals surface area contributed by atoms with Crippen LogP contribution in [-0.4, -0.2) is 30.4 Å². The van der Waals surface area contributed by atoms with Crippen molar-refractivity contribution in [3.05, 3.63) is 71.9 Å². The first-order valence-electron chi connectivity index (χ1n) is 9.83. The molecule has 0 fully saturated rings. The normalized spacial score (nSPS) is 10.3. The Hall–Kier alpha value is -3.87. The summed E-state index contributed by atoms with van der Waals surface area (Å²) in [6, 6.07) is 15.7. The number of nitrogens with one attached hydrogen (secondary N) is 1. The fourth-order valence-corrected chi connectivity index (χ4v) is 2.77. The Bertz CT molecular complexity index is 1050. The van der Waals surface area contributed by atoms with Gasteiger partial charge in [-0.25, -0.2) is 4.98 Å². The number of aromatic nitrogens is 1. The number of aryl methyl sites for hydroxylation is 1. The van der Waals surface area contributed by atoms with Gasteiger partial charge in [0.15, 0.2) is 23.9 Å². The van der Waals surface area contributed by atoms with Gasteiger partial charge in [0.25, 0.3) is 5.91 Å². The summed E-state index contributed by atoms with van der Waals surface area (Å²) >= 11 is 0. The van der Waals surface area contributed by atoms with Gasteiger partial charge in [-0.05, 0) is 55.0 Å². The third-order valence-corrected chi connectivity index (χ3v) is 4.42. The van der Waals surface area contributed by atoms with E-state index in [0.717, 1.165) is 5.56 Å². The number of ether oxygens (including phenoxy) is 3. The van der Waals surface area contributed by atoms with Crippen LogP contribution >= 0.6 is 0 Å². The van der Waals surface area contributed by atoms with Gasteiger partial charge in [0.1, 0.15) is 5.75 Å².